The van der Waals surface area contributed by atoms with Crippen molar-refractivity contribution in [1.82, 2.24) is 23.9 Å². The van der Waals surface area contributed by atoms with Crippen molar-refractivity contribution < 1.29 is 13.3 Å². The van der Waals surface area contributed by atoms with Gasteiger partial charge < -0.3 is 4.57 Å². The molecule has 9 heteroatoms. The monoisotopic (exact) mass is 559 g/mol. The summed E-state index contributed by atoms with van der Waals surface area (Å²) in [6.07, 6.45) is 9.24. The fourth-order valence-corrected chi connectivity index (χ4v) is 6.91. The minimum atomic E-state index is -3.91. The topological polar surface area (TPSA) is 81.7 Å². The molecule has 8 nitrogen and oxygen atoms in total. The van der Waals surface area contributed by atoms with Crippen molar-refractivity contribution in [2.75, 3.05) is 13.2 Å². The average Bonchev–Trinajstić information content (AvgIpc) is 3.44. The molecule has 1 atom stereocenters. The number of aryl methyl sites for hydroxylation is 1. The van der Waals surface area contributed by atoms with Gasteiger partial charge in [0.15, 0.2) is 5.65 Å². The van der Waals surface area contributed by atoms with Gasteiger partial charge in [-0.2, -0.15) is 5.10 Å². The van der Waals surface area contributed by atoms with Crippen molar-refractivity contribution in [3.8, 4) is 0 Å². The van der Waals surface area contributed by atoms with Crippen molar-refractivity contribution in [2.24, 2.45) is 12.5 Å². The van der Waals surface area contributed by atoms with Crippen LogP contribution in [0.2, 0.25) is 0 Å². The highest BCUT2D eigenvalue weighted by atomic mass is 32.2. The Morgan fingerprint density at radius 3 is 2.38 bits per heavy atom. The summed E-state index contributed by atoms with van der Waals surface area (Å²) in [5.74, 6) is 0.540. The van der Waals surface area contributed by atoms with Crippen LogP contribution in [0.1, 0.15) is 111 Å². The van der Waals surface area contributed by atoms with Crippen LogP contribution in [0.25, 0.3) is 5.65 Å². The Labute approximate surface area is 235 Å². The van der Waals surface area contributed by atoms with Gasteiger partial charge >= 0.3 is 0 Å². The highest BCUT2D eigenvalue weighted by Gasteiger charge is 2.32. The van der Waals surface area contributed by atoms with E-state index in [2.05, 4.69) is 51.7 Å². The number of fused-ring (bicyclic) bond motifs is 1. The molecule has 0 radical (unpaired) electrons. The van der Waals surface area contributed by atoms with Crippen LogP contribution in [0.15, 0.2) is 41.4 Å². The zero-order valence-electron chi connectivity index (χ0n) is 25.3. The zero-order chi connectivity index (χ0) is 28.8. The van der Waals surface area contributed by atoms with E-state index in [4.69, 9.17) is 4.84 Å². The normalized spacial score (nSPS) is 14.0. The lowest BCUT2D eigenvalue weighted by atomic mass is 9.72. The Morgan fingerprint density at radius 1 is 1.03 bits per heavy atom. The van der Waals surface area contributed by atoms with E-state index in [1.807, 2.05) is 42.8 Å². The summed E-state index contributed by atoms with van der Waals surface area (Å²) >= 11 is 0. The van der Waals surface area contributed by atoms with E-state index >= 15 is 0 Å². The molecule has 0 bridgehead atoms. The van der Waals surface area contributed by atoms with Crippen LogP contribution in [0.5, 0.6) is 0 Å². The molecule has 0 fully saturated rings. The number of sulfonamides is 1. The molecule has 3 rings (SSSR count). The molecular formula is C30H49N5O3S. The lowest BCUT2D eigenvalue weighted by Gasteiger charge is -2.33. The summed E-state index contributed by atoms with van der Waals surface area (Å²) in [4.78, 5) is 6.30. The van der Waals surface area contributed by atoms with E-state index in [0.717, 1.165) is 42.7 Å². The zero-order valence-corrected chi connectivity index (χ0v) is 26.1. The van der Waals surface area contributed by atoms with Gasteiger partial charge in [-0.3, -0.25) is 4.84 Å². The highest BCUT2D eigenvalue weighted by Crippen LogP contribution is 2.37. The number of hydrogen-bond acceptors (Lipinski definition) is 5. The molecule has 0 N–H and O–H groups in total. The van der Waals surface area contributed by atoms with Gasteiger partial charge in [0.25, 0.3) is 10.0 Å². The first-order chi connectivity index (χ1) is 18.3. The first-order valence-corrected chi connectivity index (χ1v) is 15.8. The Kier molecular flexibility index (Phi) is 10.4. The second-order valence-electron chi connectivity index (χ2n) is 12.7. The smallest absolute Gasteiger partial charge is 0.265 e. The molecule has 0 spiro atoms. The summed E-state index contributed by atoms with van der Waals surface area (Å²) in [6.45, 7) is 15.7. The molecule has 1 aromatic carbocycles. The molecule has 0 aliphatic carbocycles. The number of nitrogens with zero attached hydrogens (tertiary/aromatic N) is 5. The van der Waals surface area contributed by atoms with Crippen LogP contribution in [-0.2, 0) is 27.3 Å². The van der Waals surface area contributed by atoms with E-state index < -0.39 is 10.0 Å². The predicted molar refractivity (Wildman–Crippen MR) is 157 cm³/mol. The Hall–Kier alpha value is -2.23. The average molecular weight is 560 g/mol. The molecule has 2 aromatic heterocycles. The van der Waals surface area contributed by atoms with E-state index in [1.165, 1.54) is 23.7 Å². The molecule has 0 aliphatic heterocycles. The van der Waals surface area contributed by atoms with Crippen molar-refractivity contribution in [1.29, 1.82) is 0 Å². The quantitative estimate of drug-likeness (QED) is 0.150. The van der Waals surface area contributed by atoms with Crippen LogP contribution in [-0.4, -0.2) is 45.4 Å². The molecule has 0 aliphatic rings. The van der Waals surface area contributed by atoms with Gasteiger partial charge in [-0.05, 0) is 41.4 Å². The Balaban J connectivity index is 1.85. The number of benzene rings is 1. The van der Waals surface area contributed by atoms with Gasteiger partial charge in [0, 0.05) is 19.0 Å². The first kappa shape index (κ1) is 31.3. The lowest BCUT2D eigenvalue weighted by Crippen LogP contribution is -2.35. The Bertz CT molecular complexity index is 1300. The summed E-state index contributed by atoms with van der Waals surface area (Å²) in [5.41, 5.74) is 1.80. The highest BCUT2D eigenvalue weighted by molar-refractivity contribution is 7.89. The molecule has 218 valence electrons. The van der Waals surface area contributed by atoms with Gasteiger partial charge in [-0.1, -0.05) is 97.2 Å². The first-order valence-electron chi connectivity index (χ1n) is 14.4. The number of hydroxylamine groups is 1. The van der Waals surface area contributed by atoms with Crippen LogP contribution in [0, 0.1) is 5.41 Å². The van der Waals surface area contributed by atoms with E-state index in [-0.39, 0.29) is 28.2 Å². The second kappa shape index (κ2) is 13.0. The van der Waals surface area contributed by atoms with Gasteiger partial charge in [-0.15, -0.1) is 9.73 Å². The predicted octanol–water partition coefficient (Wildman–Crippen LogP) is 6.87. The molecule has 0 saturated heterocycles. The Morgan fingerprint density at radius 2 is 1.72 bits per heavy atom. The van der Waals surface area contributed by atoms with E-state index in [1.54, 1.807) is 16.9 Å². The van der Waals surface area contributed by atoms with Crippen LogP contribution in [0.3, 0.4) is 0 Å². The maximum Gasteiger partial charge on any atom is 0.265 e. The van der Waals surface area contributed by atoms with E-state index in [9.17, 15) is 8.42 Å². The number of aromatic nitrogens is 4. The third-order valence-electron chi connectivity index (χ3n) is 7.24. The maximum atomic E-state index is 14.0. The summed E-state index contributed by atoms with van der Waals surface area (Å²) < 4.78 is 32.8. The molecule has 0 saturated carbocycles. The van der Waals surface area contributed by atoms with Gasteiger partial charge in [-0.25, -0.2) is 8.42 Å². The number of rotatable bonds is 15. The van der Waals surface area contributed by atoms with E-state index in [0.29, 0.717) is 6.61 Å². The number of unbranched alkanes of at least 4 members (excludes halogenated alkanes) is 5. The van der Waals surface area contributed by atoms with Crippen LogP contribution < -0.4 is 0 Å². The lowest BCUT2D eigenvalue weighted by molar-refractivity contribution is -0.0887. The van der Waals surface area contributed by atoms with Gasteiger partial charge in [0.2, 0.25) is 0 Å². The fourth-order valence-electron chi connectivity index (χ4n) is 5.52. The van der Waals surface area contributed by atoms with Crippen molar-refractivity contribution in [2.45, 2.75) is 110 Å². The third kappa shape index (κ3) is 8.14. The van der Waals surface area contributed by atoms with Crippen molar-refractivity contribution in [3.05, 3.63) is 47.9 Å². The summed E-state index contributed by atoms with van der Waals surface area (Å²) in [5, 5.41) is 8.82. The maximum absolute atomic E-state index is 14.0. The molecule has 39 heavy (non-hydrogen) atoms. The largest absolute Gasteiger partial charge is 0.314 e. The summed E-state index contributed by atoms with van der Waals surface area (Å²) in [7, 11) is -1.99. The van der Waals surface area contributed by atoms with Gasteiger partial charge in [0.1, 0.15) is 5.82 Å². The summed E-state index contributed by atoms with van der Waals surface area (Å²) in [6, 6.07) is 9.25. The van der Waals surface area contributed by atoms with Crippen molar-refractivity contribution >= 4 is 15.7 Å². The van der Waals surface area contributed by atoms with Crippen LogP contribution >= 0.6 is 0 Å². The number of hydrogen-bond donors (Lipinski definition) is 0. The van der Waals surface area contributed by atoms with Gasteiger partial charge in [0.05, 0.1) is 24.2 Å². The molecule has 1 unspecified atom stereocenters. The second-order valence-corrected chi connectivity index (χ2v) is 14.6. The van der Waals surface area contributed by atoms with Crippen molar-refractivity contribution in [3.63, 3.8) is 0 Å². The molecule has 3 aromatic rings. The minimum absolute atomic E-state index is 0.113. The molecular weight excluding hydrogens is 510 g/mol. The SMILES string of the molecule is CCCCCCCCON(CC(C)c1nn2nccc2n1C)S(=O)(=O)c1cccc(C(C)(C)CC(C)(C)C)c1. The minimum Gasteiger partial charge on any atom is -0.314 e. The third-order valence-corrected chi connectivity index (χ3v) is 8.88. The molecule has 2 heterocycles. The van der Waals surface area contributed by atoms with Crippen LogP contribution in [0.4, 0.5) is 0 Å². The standard InChI is InChI=1S/C30H49N5O3S/c1-9-10-11-12-13-14-20-38-34(22-24(2)28-32-35-27(33(28)8)18-19-31-35)39(36,37)26-17-15-16-25(21-26)30(6,7)23-29(3,4)5/h15-19,21,24H,9-14,20,22-23H2,1-8H3. The fraction of sp³-hybridized carbons (Fsp3) is 0.667. The molecule has 0 amide bonds.